The number of aryl methyl sites for hydroxylation is 1. The van der Waals surface area contributed by atoms with E-state index < -0.39 is 5.54 Å². The molecule has 19 heavy (non-hydrogen) atoms. The predicted molar refractivity (Wildman–Crippen MR) is 74.7 cm³/mol. The van der Waals surface area contributed by atoms with E-state index in [0.29, 0.717) is 5.56 Å². The number of rotatable bonds is 2. The minimum atomic E-state index is -0.612. The Bertz CT molecular complexity index is 510. The third-order valence-electron chi connectivity index (χ3n) is 4.10. The van der Waals surface area contributed by atoms with Gasteiger partial charge in [-0.2, -0.15) is 5.26 Å². The first-order valence-electron chi connectivity index (χ1n) is 6.85. The first-order valence-corrected chi connectivity index (χ1v) is 6.85. The van der Waals surface area contributed by atoms with Crippen LogP contribution in [-0.4, -0.2) is 23.4 Å². The fourth-order valence-electron chi connectivity index (χ4n) is 2.83. The molecule has 0 N–H and O–H groups in total. The molecule has 0 aliphatic heterocycles. The van der Waals surface area contributed by atoms with E-state index in [0.717, 1.165) is 37.7 Å². The minimum Gasteiger partial charge on any atom is -0.323 e. The van der Waals surface area contributed by atoms with E-state index >= 15 is 0 Å². The third kappa shape index (κ3) is 2.63. The van der Waals surface area contributed by atoms with Gasteiger partial charge in [0, 0.05) is 12.6 Å². The molecule has 0 radical (unpaired) electrons. The monoisotopic (exact) mass is 256 g/mol. The van der Waals surface area contributed by atoms with Gasteiger partial charge in [-0.25, -0.2) is 0 Å². The van der Waals surface area contributed by atoms with Crippen molar-refractivity contribution in [1.29, 1.82) is 5.26 Å². The van der Waals surface area contributed by atoms with Gasteiger partial charge in [0.25, 0.3) is 5.91 Å². The van der Waals surface area contributed by atoms with Gasteiger partial charge in [0.15, 0.2) is 0 Å². The number of hydrogen-bond donors (Lipinski definition) is 0. The van der Waals surface area contributed by atoms with Crippen molar-refractivity contribution in [2.75, 3.05) is 7.05 Å². The van der Waals surface area contributed by atoms with E-state index in [9.17, 15) is 10.1 Å². The lowest BCUT2D eigenvalue weighted by Crippen LogP contribution is -2.49. The number of benzene rings is 1. The standard InChI is InChI=1S/C16H20N2O/c1-13-7-6-8-14(11-13)15(19)18(2)16(12-17)9-4-3-5-10-16/h6-8,11H,3-5,9-10H2,1-2H3. The quantitative estimate of drug-likeness (QED) is 0.815. The highest BCUT2D eigenvalue weighted by atomic mass is 16.2. The van der Waals surface area contributed by atoms with Crippen molar-refractivity contribution in [3.05, 3.63) is 35.4 Å². The Morgan fingerprint density at radius 2 is 2.00 bits per heavy atom. The number of hydrogen-bond acceptors (Lipinski definition) is 2. The summed E-state index contributed by atoms with van der Waals surface area (Å²) in [5.41, 5.74) is 1.12. The van der Waals surface area contributed by atoms with Gasteiger partial charge in [0.05, 0.1) is 6.07 Å². The fourth-order valence-corrected chi connectivity index (χ4v) is 2.83. The van der Waals surface area contributed by atoms with Crippen LogP contribution in [-0.2, 0) is 0 Å². The number of carbonyl (C=O) groups is 1. The summed E-state index contributed by atoms with van der Waals surface area (Å²) in [5, 5.41) is 9.52. The van der Waals surface area contributed by atoms with E-state index in [2.05, 4.69) is 6.07 Å². The van der Waals surface area contributed by atoms with Crippen LogP contribution in [0.4, 0.5) is 0 Å². The Balaban J connectivity index is 2.25. The lowest BCUT2D eigenvalue weighted by atomic mass is 9.81. The molecule has 0 saturated heterocycles. The minimum absolute atomic E-state index is 0.0489. The molecule has 0 bridgehead atoms. The van der Waals surface area contributed by atoms with E-state index in [1.807, 2.05) is 31.2 Å². The van der Waals surface area contributed by atoms with Gasteiger partial charge in [-0.3, -0.25) is 4.79 Å². The van der Waals surface area contributed by atoms with Crippen molar-refractivity contribution in [2.45, 2.75) is 44.6 Å². The summed E-state index contributed by atoms with van der Waals surface area (Å²) >= 11 is 0. The van der Waals surface area contributed by atoms with Gasteiger partial charge < -0.3 is 4.90 Å². The normalized spacial score (nSPS) is 17.5. The van der Waals surface area contributed by atoms with Crippen molar-refractivity contribution < 1.29 is 4.79 Å². The summed E-state index contributed by atoms with van der Waals surface area (Å²) in [5.74, 6) is -0.0489. The van der Waals surface area contributed by atoms with Crippen molar-refractivity contribution in [3.8, 4) is 6.07 Å². The molecule has 0 atom stereocenters. The molecule has 1 amide bonds. The van der Waals surface area contributed by atoms with Crippen molar-refractivity contribution >= 4 is 5.91 Å². The van der Waals surface area contributed by atoms with Crippen molar-refractivity contribution in [1.82, 2.24) is 4.90 Å². The third-order valence-corrected chi connectivity index (χ3v) is 4.10. The average Bonchev–Trinajstić information content (AvgIpc) is 2.46. The summed E-state index contributed by atoms with van der Waals surface area (Å²) in [6.07, 6.45) is 4.79. The van der Waals surface area contributed by atoms with Crippen molar-refractivity contribution in [3.63, 3.8) is 0 Å². The molecule has 1 aromatic carbocycles. The molecule has 1 saturated carbocycles. The zero-order valence-electron chi connectivity index (χ0n) is 11.6. The Labute approximate surface area is 114 Å². The molecule has 0 unspecified atom stereocenters. The predicted octanol–water partition coefficient (Wildman–Crippen LogP) is 3.29. The van der Waals surface area contributed by atoms with Gasteiger partial charge >= 0.3 is 0 Å². The van der Waals surface area contributed by atoms with Crippen LogP contribution in [0.3, 0.4) is 0 Å². The number of nitrogens with zero attached hydrogens (tertiary/aromatic N) is 2. The summed E-state index contributed by atoms with van der Waals surface area (Å²) in [4.78, 5) is 14.2. The van der Waals surface area contributed by atoms with E-state index in [1.165, 1.54) is 0 Å². The molecule has 1 aromatic rings. The summed E-state index contributed by atoms with van der Waals surface area (Å²) in [7, 11) is 1.76. The topological polar surface area (TPSA) is 44.1 Å². The SMILES string of the molecule is Cc1cccc(C(=O)N(C)C2(C#N)CCCCC2)c1. The molecule has 3 heteroatoms. The van der Waals surface area contributed by atoms with Crippen LogP contribution in [0.5, 0.6) is 0 Å². The maximum atomic E-state index is 12.5. The fraction of sp³-hybridized carbons (Fsp3) is 0.500. The Morgan fingerprint density at radius 1 is 1.32 bits per heavy atom. The van der Waals surface area contributed by atoms with Gasteiger partial charge in [-0.05, 0) is 31.9 Å². The van der Waals surface area contributed by atoms with Crippen molar-refractivity contribution in [2.24, 2.45) is 0 Å². The second-order valence-corrected chi connectivity index (χ2v) is 5.44. The smallest absolute Gasteiger partial charge is 0.254 e. The second-order valence-electron chi connectivity index (χ2n) is 5.44. The zero-order chi connectivity index (χ0) is 13.9. The Morgan fingerprint density at radius 3 is 2.58 bits per heavy atom. The number of nitriles is 1. The summed E-state index contributed by atoms with van der Waals surface area (Å²) < 4.78 is 0. The van der Waals surface area contributed by atoms with Crippen LogP contribution in [0.25, 0.3) is 0 Å². The molecule has 100 valence electrons. The van der Waals surface area contributed by atoms with Gasteiger partial charge in [0.2, 0.25) is 0 Å². The molecule has 1 aliphatic carbocycles. The molecule has 2 rings (SSSR count). The molecule has 3 nitrogen and oxygen atoms in total. The largest absolute Gasteiger partial charge is 0.323 e. The van der Waals surface area contributed by atoms with Crippen LogP contribution in [0.2, 0.25) is 0 Å². The maximum absolute atomic E-state index is 12.5. The average molecular weight is 256 g/mol. The van der Waals surface area contributed by atoms with Gasteiger partial charge in [-0.1, -0.05) is 37.0 Å². The molecule has 0 spiro atoms. The molecule has 0 aromatic heterocycles. The zero-order valence-corrected chi connectivity index (χ0v) is 11.6. The highest BCUT2D eigenvalue weighted by Gasteiger charge is 2.39. The molecule has 1 fully saturated rings. The number of amides is 1. The second kappa shape index (κ2) is 5.44. The molecule has 1 aliphatic rings. The molecular weight excluding hydrogens is 236 g/mol. The maximum Gasteiger partial charge on any atom is 0.254 e. The highest BCUT2D eigenvalue weighted by Crippen LogP contribution is 2.33. The molecule has 0 heterocycles. The van der Waals surface area contributed by atoms with Crippen LogP contribution in [0.15, 0.2) is 24.3 Å². The lowest BCUT2D eigenvalue weighted by molar-refractivity contribution is 0.0589. The summed E-state index contributed by atoms with van der Waals surface area (Å²) in [6, 6.07) is 9.94. The first-order chi connectivity index (χ1) is 9.09. The first kappa shape index (κ1) is 13.6. The Kier molecular flexibility index (Phi) is 3.90. The van der Waals surface area contributed by atoms with Crippen LogP contribution in [0.1, 0.15) is 48.0 Å². The molecular formula is C16H20N2O. The highest BCUT2D eigenvalue weighted by molar-refractivity contribution is 5.95. The Hall–Kier alpha value is -1.82. The van der Waals surface area contributed by atoms with Gasteiger partial charge in [-0.15, -0.1) is 0 Å². The summed E-state index contributed by atoms with van der Waals surface area (Å²) in [6.45, 7) is 1.97. The van der Waals surface area contributed by atoms with Gasteiger partial charge in [0.1, 0.15) is 5.54 Å². The van der Waals surface area contributed by atoms with E-state index in [-0.39, 0.29) is 5.91 Å². The number of carbonyl (C=O) groups excluding carboxylic acids is 1. The van der Waals surface area contributed by atoms with E-state index in [1.54, 1.807) is 11.9 Å². The van der Waals surface area contributed by atoms with Crippen LogP contribution in [0, 0.1) is 18.3 Å². The van der Waals surface area contributed by atoms with E-state index in [4.69, 9.17) is 0 Å². The lowest BCUT2D eigenvalue weighted by Gasteiger charge is -2.39. The van der Waals surface area contributed by atoms with Crippen LogP contribution < -0.4 is 0 Å². The van der Waals surface area contributed by atoms with Crippen LogP contribution >= 0.6 is 0 Å².